The average molecular weight is 671 g/mol. The highest BCUT2D eigenvalue weighted by atomic mass is 16.6. The first kappa shape index (κ1) is 45.3. The average Bonchev–Trinajstić information content (AvgIpc) is 3.08. The number of carbonyl (C=O) groups excluding carboxylic acids is 2. The van der Waals surface area contributed by atoms with Gasteiger partial charge in [-0.05, 0) is 44.9 Å². The molecule has 2 N–H and O–H groups in total. The number of carbonyl (C=O) groups is 2. The van der Waals surface area contributed by atoms with Crippen molar-refractivity contribution in [1.82, 2.24) is 0 Å². The van der Waals surface area contributed by atoms with Gasteiger partial charge in [-0.3, -0.25) is 9.59 Å². The van der Waals surface area contributed by atoms with Crippen molar-refractivity contribution in [1.29, 1.82) is 0 Å². The third-order valence-electron chi connectivity index (χ3n) is 7.80. The summed E-state index contributed by atoms with van der Waals surface area (Å²) in [4.78, 5) is 23.9. The standard InChI is InChI=1S/C42H70O6/c1-3-5-7-9-11-12-13-14-15-16-20-23-27-31-35-41(45)47-37-40(44)38-48-42(46)36-32-28-24-21-18-17-19-22-26-30-34-39(43)33-29-25-10-8-6-4-2/h6,8,17-18,22,24-26,28-30,34,39-40,43-44H,3-5,7,9-16,19-21,23,27,31-33,35-38H2,1-2H3/b8-6-,18-17-,26-22-,28-24-,29-25-,34-30+/t39?,40-/m0/s1. The summed E-state index contributed by atoms with van der Waals surface area (Å²) in [7, 11) is 0. The van der Waals surface area contributed by atoms with Gasteiger partial charge in [-0.1, -0.05) is 170 Å². The van der Waals surface area contributed by atoms with Gasteiger partial charge < -0.3 is 19.7 Å². The number of rotatable bonds is 33. The summed E-state index contributed by atoms with van der Waals surface area (Å²) in [6, 6.07) is 0. The van der Waals surface area contributed by atoms with E-state index in [1.165, 1.54) is 70.6 Å². The molecule has 0 bridgehead atoms. The van der Waals surface area contributed by atoms with Gasteiger partial charge in [0, 0.05) is 12.8 Å². The molecule has 274 valence electrons. The summed E-state index contributed by atoms with van der Waals surface area (Å²) < 4.78 is 10.2. The van der Waals surface area contributed by atoms with E-state index >= 15 is 0 Å². The minimum Gasteiger partial charge on any atom is -0.463 e. The van der Waals surface area contributed by atoms with E-state index in [1.807, 2.05) is 36.5 Å². The smallest absolute Gasteiger partial charge is 0.306 e. The van der Waals surface area contributed by atoms with Crippen molar-refractivity contribution in [2.75, 3.05) is 13.2 Å². The first-order valence-electron chi connectivity index (χ1n) is 19.1. The van der Waals surface area contributed by atoms with Crippen LogP contribution in [0.5, 0.6) is 0 Å². The molecule has 0 aromatic heterocycles. The molecule has 0 rings (SSSR count). The van der Waals surface area contributed by atoms with Crippen LogP contribution in [0.3, 0.4) is 0 Å². The van der Waals surface area contributed by atoms with Crippen LogP contribution in [0.4, 0.5) is 0 Å². The Hall–Kier alpha value is -2.70. The van der Waals surface area contributed by atoms with Crippen LogP contribution in [-0.2, 0) is 19.1 Å². The van der Waals surface area contributed by atoms with Gasteiger partial charge in [0.25, 0.3) is 0 Å². The zero-order valence-corrected chi connectivity index (χ0v) is 30.6. The molecule has 0 saturated carbocycles. The topological polar surface area (TPSA) is 93.1 Å². The Morgan fingerprint density at radius 2 is 1.02 bits per heavy atom. The predicted octanol–water partition coefficient (Wildman–Crippen LogP) is 10.8. The first-order chi connectivity index (χ1) is 23.5. The molecule has 6 heteroatoms. The van der Waals surface area contributed by atoms with Crippen molar-refractivity contribution in [3.05, 3.63) is 72.9 Å². The maximum Gasteiger partial charge on any atom is 0.306 e. The molecule has 48 heavy (non-hydrogen) atoms. The van der Waals surface area contributed by atoms with Crippen LogP contribution >= 0.6 is 0 Å². The minimum atomic E-state index is -1.01. The Morgan fingerprint density at radius 1 is 0.542 bits per heavy atom. The quantitative estimate of drug-likeness (QED) is 0.0312. The highest BCUT2D eigenvalue weighted by molar-refractivity contribution is 5.70. The van der Waals surface area contributed by atoms with Gasteiger partial charge >= 0.3 is 11.9 Å². The molecule has 6 nitrogen and oxygen atoms in total. The molecular formula is C42H70O6. The SMILES string of the molecule is CC/C=C\C/C=C\CC(O)/C=C/C=C\C/C=C\C/C=C\CCC(=O)OC[C@@H](O)COC(=O)CCCCCCCCCCCCCCCC. The molecule has 0 saturated heterocycles. The monoisotopic (exact) mass is 671 g/mol. The van der Waals surface area contributed by atoms with Crippen molar-refractivity contribution in [2.24, 2.45) is 0 Å². The van der Waals surface area contributed by atoms with Crippen LogP contribution in [0.25, 0.3) is 0 Å². The Bertz CT molecular complexity index is 913. The molecule has 1 unspecified atom stereocenters. The van der Waals surface area contributed by atoms with Gasteiger partial charge in [-0.2, -0.15) is 0 Å². The van der Waals surface area contributed by atoms with Gasteiger partial charge in [-0.25, -0.2) is 0 Å². The first-order valence-corrected chi connectivity index (χ1v) is 19.1. The maximum absolute atomic E-state index is 11.9. The fraction of sp³-hybridized carbons (Fsp3) is 0.667. The van der Waals surface area contributed by atoms with E-state index in [-0.39, 0.29) is 31.6 Å². The number of esters is 2. The van der Waals surface area contributed by atoms with Crippen molar-refractivity contribution in [3.8, 4) is 0 Å². The summed E-state index contributed by atoms with van der Waals surface area (Å²) in [5, 5.41) is 19.9. The molecule has 0 aliphatic heterocycles. The Balaban J connectivity index is 3.66. The van der Waals surface area contributed by atoms with E-state index in [0.717, 1.165) is 44.9 Å². The second kappa shape index (κ2) is 37.1. The number of hydrogen-bond acceptors (Lipinski definition) is 6. The summed E-state index contributed by atoms with van der Waals surface area (Å²) in [5.74, 6) is -0.692. The van der Waals surface area contributed by atoms with E-state index in [0.29, 0.717) is 19.3 Å². The van der Waals surface area contributed by atoms with Gasteiger partial charge in [0.1, 0.15) is 19.3 Å². The molecule has 0 aromatic carbocycles. The normalized spacial score (nSPS) is 13.7. The second-order valence-corrected chi connectivity index (χ2v) is 12.5. The molecule has 0 fully saturated rings. The van der Waals surface area contributed by atoms with E-state index < -0.39 is 12.2 Å². The highest BCUT2D eigenvalue weighted by Crippen LogP contribution is 2.13. The minimum absolute atomic E-state index is 0.153. The fourth-order valence-electron chi connectivity index (χ4n) is 4.90. The molecule has 0 aliphatic rings. The largest absolute Gasteiger partial charge is 0.463 e. The van der Waals surface area contributed by atoms with E-state index in [1.54, 1.807) is 6.08 Å². The van der Waals surface area contributed by atoms with Gasteiger partial charge in [0.2, 0.25) is 0 Å². The van der Waals surface area contributed by atoms with Gasteiger partial charge in [0.15, 0.2) is 0 Å². The van der Waals surface area contributed by atoms with E-state index in [2.05, 4.69) is 44.2 Å². The molecule has 0 amide bonds. The van der Waals surface area contributed by atoms with Crippen LogP contribution < -0.4 is 0 Å². The number of hydrogen-bond donors (Lipinski definition) is 2. The Morgan fingerprint density at radius 3 is 1.60 bits per heavy atom. The van der Waals surface area contributed by atoms with Crippen LogP contribution in [0.1, 0.15) is 155 Å². The highest BCUT2D eigenvalue weighted by Gasteiger charge is 2.11. The molecular weight excluding hydrogens is 600 g/mol. The van der Waals surface area contributed by atoms with E-state index in [4.69, 9.17) is 9.47 Å². The zero-order chi connectivity index (χ0) is 35.2. The molecule has 0 spiro atoms. The third kappa shape index (κ3) is 36.1. The Labute approximate surface area is 294 Å². The molecule has 0 radical (unpaired) electrons. The molecule has 0 aromatic rings. The number of ether oxygens (including phenoxy) is 2. The lowest BCUT2D eigenvalue weighted by Gasteiger charge is -2.12. The van der Waals surface area contributed by atoms with Crippen LogP contribution in [0.15, 0.2) is 72.9 Å². The lowest BCUT2D eigenvalue weighted by Crippen LogP contribution is -2.25. The summed E-state index contributed by atoms with van der Waals surface area (Å²) >= 11 is 0. The maximum atomic E-state index is 11.9. The zero-order valence-electron chi connectivity index (χ0n) is 30.6. The van der Waals surface area contributed by atoms with Crippen molar-refractivity contribution >= 4 is 11.9 Å². The van der Waals surface area contributed by atoms with Crippen molar-refractivity contribution in [3.63, 3.8) is 0 Å². The fourth-order valence-corrected chi connectivity index (χ4v) is 4.90. The number of aliphatic hydroxyl groups excluding tert-OH is 2. The Kier molecular flexibility index (Phi) is 35.0. The molecule has 0 heterocycles. The second-order valence-electron chi connectivity index (χ2n) is 12.5. The summed E-state index contributed by atoms with van der Waals surface area (Å²) in [5.41, 5.74) is 0. The van der Waals surface area contributed by atoms with E-state index in [9.17, 15) is 19.8 Å². The number of unbranched alkanes of at least 4 members (excludes halogenated alkanes) is 13. The molecule has 2 atom stereocenters. The van der Waals surface area contributed by atoms with Crippen molar-refractivity contribution < 1.29 is 29.3 Å². The number of aliphatic hydroxyl groups is 2. The number of allylic oxidation sites excluding steroid dienone is 10. The van der Waals surface area contributed by atoms with Crippen LogP contribution in [0.2, 0.25) is 0 Å². The predicted molar refractivity (Wildman–Crippen MR) is 202 cm³/mol. The van der Waals surface area contributed by atoms with Gasteiger partial charge in [-0.15, -0.1) is 0 Å². The van der Waals surface area contributed by atoms with Crippen LogP contribution in [0, 0.1) is 0 Å². The summed E-state index contributed by atoms with van der Waals surface area (Å²) in [6.45, 7) is 4.04. The van der Waals surface area contributed by atoms with Gasteiger partial charge in [0.05, 0.1) is 6.10 Å². The lowest BCUT2D eigenvalue weighted by molar-refractivity contribution is -0.152. The molecule has 0 aliphatic carbocycles. The van der Waals surface area contributed by atoms with Crippen LogP contribution in [-0.4, -0.2) is 47.6 Å². The summed E-state index contributed by atoms with van der Waals surface area (Å²) in [6.07, 6.45) is 45.6. The lowest BCUT2D eigenvalue weighted by atomic mass is 10.0. The van der Waals surface area contributed by atoms with Crippen molar-refractivity contribution in [2.45, 2.75) is 167 Å². The third-order valence-corrected chi connectivity index (χ3v) is 7.80.